The number of hydrogen-bond donors (Lipinski definition) is 0. The highest BCUT2D eigenvalue weighted by atomic mass is 35.5. The van der Waals surface area contributed by atoms with E-state index in [1.807, 2.05) is 24.3 Å². The van der Waals surface area contributed by atoms with E-state index in [0.29, 0.717) is 17.4 Å². The molecule has 0 N–H and O–H groups in total. The Morgan fingerprint density at radius 2 is 2.10 bits per heavy atom. The van der Waals surface area contributed by atoms with Crippen LogP contribution in [0.4, 0.5) is 0 Å². The summed E-state index contributed by atoms with van der Waals surface area (Å²) >= 11 is 5.84. The van der Waals surface area contributed by atoms with Crippen molar-refractivity contribution in [2.24, 2.45) is 0 Å². The average molecular weight is 285 g/mol. The van der Waals surface area contributed by atoms with Gasteiger partial charge in [-0.1, -0.05) is 23.7 Å². The van der Waals surface area contributed by atoms with Gasteiger partial charge in [0.15, 0.2) is 11.5 Å². The Kier molecular flexibility index (Phi) is 2.43. The molecule has 0 atom stereocenters. The molecule has 20 heavy (non-hydrogen) atoms. The summed E-state index contributed by atoms with van der Waals surface area (Å²) in [4.78, 5) is 8.90. The molecule has 6 nitrogen and oxygen atoms in total. The number of halogens is 1. The number of fused-ring (bicyclic) bond motifs is 3. The van der Waals surface area contributed by atoms with Crippen molar-refractivity contribution in [3.8, 4) is 0 Å². The van der Waals surface area contributed by atoms with Crippen molar-refractivity contribution in [1.82, 2.24) is 29.4 Å². The van der Waals surface area contributed by atoms with Crippen molar-refractivity contribution < 1.29 is 0 Å². The van der Waals surface area contributed by atoms with Gasteiger partial charge in [0, 0.05) is 11.6 Å². The van der Waals surface area contributed by atoms with Gasteiger partial charge in [-0.15, -0.1) is 5.10 Å². The molecule has 0 bridgehead atoms. The Bertz CT molecular complexity index is 909. The quantitative estimate of drug-likeness (QED) is 0.566. The number of nitrogens with zero attached hydrogens (tertiary/aromatic N) is 6. The first kappa shape index (κ1) is 11.4. The third-order valence-corrected chi connectivity index (χ3v) is 3.23. The maximum atomic E-state index is 5.84. The molecule has 4 rings (SSSR count). The van der Waals surface area contributed by atoms with Crippen molar-refractivity contribution >= 4 is 28.2 Å². The predicted octanol–water partition coefficient (Wildman–Crippen LogP) is 2.18. The summed E-state index contributed by atoms with van der Waals surface area (Å²) in [6.45, 7) is 0.475. The second-order valence-corrected chi connectivity index (χ2v) is 4.85. The van der Waals surface area contributed by atoms with Crippen LogP contribution in [0.1, 0.15) is 5.82 Å². The van der Waals surface area contributed by atoms with Gasteiger partial charge >= 0.3 is 0 Å². The minimum Gasteiger partial charge on any atom is -0.263 e. The molecule has 0 fully saturated rings. The number of aromatic nitrogens is 6. The van der Waals surface area contributed by atoms with Gasteiger partial charge in [-0.05, 0) is 12.1 Å². The maximum Gasteiger partial charge on any atom is 0.173 e. The van der Waals surface area contributed by atoms with E-state index in [4.69, 9.17) is 11.6 Å². The lowest BCUT2D eigenvalue weighted by Crippen LogP contribution is -2.01. The molecule has 0 amide bonds. The van der Waals surface area contributed by atoms with Crippen LogP contribution in [-0.2, 0) is 6.54 Å². The standard InChI is InChI=1S/C13H9ClN6/c14-9-5-16-19(6-9)7-12-17-13-10-3-1-2-4-11(10)15-8-20(13)18-12/h1-6,8H,7H2. The molecule has 4 aromatic rings. The molecule has 0 unspecified atom stereocenters. The van der Waals surface area contributed by atoms with Crippen molar-refractivity contribution in [2.45, 2.75) is 6.54 Å². The summed E-state index contributed by atoms with van der Waals surface area (Å²) in [5.41, 5.74) is 1.70. The van der Waals surface area contributed by atoms with Crippen LogP contribution in [0, 0.1) is 0 Å². The molecule has 98 valence electrons. The van der Waals surface area contributed by atoms with Crippen molar-refractivity contribution in [2.75, 3.05) is 0 Å². The molecule has 0 saturated heterocycles. The summed E-state index contributed by atoms with van der Waals surface area (Å²) in [6, 6.07) is 7.86. The summed E-state index contributed by atoms with van der Waals surface area (Å²) in [5, 5.41) is 10.1. The van der Waals surface area contributed by atoms with Crippen LogP contribution in [0.25, 0.3) is 16.6 Å². The van der Waals surface area contributed by atoms with E-state index in [1.165, 1.54) is 0 Å². The van der Waals surface area contributed by atoms with Crippen LogP contribution < -0.4 is 0 Å². The molecule has 3 heterocycles. The fraction of sp³-hybridized carbons (Fsp3) is 0.0769. The lowest BCUT2D eigenvalue weighted by atomic mass is 10.2. The molecule has 0 aliphatic heterocycles. The normalized spacial score (nSPS) is 11.4. The van der Waals surface area contributed by atoms with E-state index in [0.717, 1.165) is 16.6 Å². The molecule has 0 aliphatic carbocycles. The van der Waals surface area contributed by atoms with Crippen LogP contribution in [0.3, 0.4) is 0 Å². The summed E-state index contributed by atoms with van der Waals surface area (Å²) in [5.74, 6) is 0.669. The minimum atomic E-state index is 0.475. The van der Waals surface area contributed by atoms with Gasteiger partial charge in [-0.2, -0.15) is 5.10 Å². The first-order valence-corrected chi connectivity index (χ1v) is 6.44. The zero-order valence-corrected chi connectivity index (χ0v) is 11.1. The molecule has 0 spiro atoms. The van der Waals surface area contributed by atoms with Gasteiger partial charge in [-0.25, -0.2) is 14.5 Å². The summed E-state index contributed by atoms with van der Waals surface area (Å²) < 4.78 is 3.38. The van der Waals surface area contributed by atoms with Gasteiger partial charge in [0.2, 0.25) is 0 Å². The van der Waals surface area contributed by atoms with Crippen molar-refractivity contribution in [3.05, 3.63) is 53.8 Å². The van der Waals surface area contributed by atoms with Crippen molar-refractivity contribution in [1.29, 1.82) is 0 Å². The second kappa shape index (κ2) is 4.28. The molecule has 0 radical (unpaired) electrons. The molecule has 0 saturated carbocycles. The van der Waals surface area contributed by atoms with Crippen LogP contribution in [0.2, 0.25) is 5.02 Å². The van der Waals surface area contributed by atoms with Crippen LogP contribution in [0.5, 0.6) is 0 Å². The van der Waals surface area contributed by atoms with Crippen molar-refractivity contribution in [3.63, 3.8) is 0 Å². The predicted molar refractivity (Wildman–Crippen MR) is 74.6 cm³/mol. The van der Waals surface area contributed by atoms with Crippen LogP contribution in [-0.4, -0.2) is 29.4 Å². The van der Waals surface area contributed by atoms with E-state index in [2.05, 4.69) is 20.2 Å². The molecular weight excluding hydrogens is 276 g/mol. The molecule has 0 aliphatic rings. The van der Waals surface area contributed by atoms with Gasteiger partial charge in [0.05, 0.1) is 16.7 Å². The van der Waals surface area contributed by atoms with E-state index >= 15 is 0 Å². The zero-order chi connectivity index (χ0) is 13.5. The Morgan fingerprint density at radius 3 is 2.95 bits per heavy atom. The van der Waals surface area contributed by atoms with Gasteiger partial charge in [0.1, 0.15) is 12.9 Å². The average Bonchev–Trinajstić information content (AvgIpc) is 3.05. The molecule has 7 heteroatoms. The molecule has 1 aromatic carbocycles. The fourth-order valence-corrected chi connectivity index (χ4v) is 2.32. The third kappa shape index (κ3) is 1.81. The number of para-hydroxylation sites is 1. The smallest absolute Gasteiger partial charge is 0.173 e. The highest BCUT2D eigenvalue weighted by Gasteiger charge is 2.08. The summed E-state index contributed by atoms with van der Waals surface area (Å²) in [6.07, 6.45) is 5.00. The fourth-order valence-electron chi connectivity index (χ4n) is 2.16. The number of benzene rings is 1. The van der Waals surface area contributed by atoms with E-state index in [-0.39, 0.29) is 0 Å². The first-order valence-electron chi connectivity index (χ1n) is 6.06. The van der Waals surface area contributed by atoms with E-state index in [9.17, 15) is 0 Å². The Labute approximate surface area is 118 Å². The van der Waals surface area contributed by atoms with Gasteiger partial charge in [0.25, 0.3) is 0 Å². The van der Waals surface area contributed by atoms with Crippen LogP contribution in [0.15, 0.2) is 43.0 Å². The highest BCUT2D eigenvalue weighted by molar-refractivity contribution is 6.30. The second-order valence-electron chi connectivity index (χ2n) is 4.41. The largest absolute Gasteiger partial charge is 0.263 e. The third-order valence-electron chi connectivity index (χ3n) is 3.03. The maximum absolute atomic E-state index is 5.84. The van der Waals surface area contributed by atoms with E-state index < -0.39 is 0 Å². The Hall–Kier alpha value is -2.47. The Balaban J connectivity index is 1.84. The van der Waals surface area contributed by atoms with Gasteiger partial charge < -0.3 is 0 Å². The molecule has 3 aromatic heterocycles. The van der Waals surface area contributed by atoms with Gasteiger partial charge in [-0.3, -0.25) is 4.68 Å². The van der Waals surface area contributed by atoms with E-state index in [1.54, 1.807) is 27.9 Å². The molecular formula is C13H9ClN6. The minimum absolute atomic E-state index is 0.475. The monoisotopic (exact) mass is 284 g/mol. The number of rotatable bonds is 2. The number of hydrogen-bond acceptors (Lipinski definition) is 4. The summed E-state index contributed by atoms with van der Waals surface area (Å²) in [7, 11) is 0. The highest BCUT2D eigenvalue weighted by Crippen LogP contribution is 2.16. The topological polar surface area (TPSA) is 60.9 Å². The van der Waals surface area contributed by atoms with Crippen LogP contribution >= 0.6 is 11.6 Å². The lowest BCUT2D eigenvalue weighted by Gasteiger charge is -1.96. The lowest BCUT2D eigenvalue weighted by molar-refractivity contribution is 0.653. The Morgan fingerprint density at radius 1 is 1.20 bits per heavy atom. The zero-order valence-electron chi connectivity index (χ0n) is 10.3. The SMILES string of the molecule is Clc1cnn(Cc2nc3c4ccccc4ncn3n2)c1. The first-order chi connectivity index (χ1) is 9.79.